The second-order valence-electron chi connectivity index (χ2n) is 7.04. The van der Waals surface area contributed by atoms with Crippen LogP contribution < -0.4 is 19.1 Å². The number of ether oxygens (including phenoxy) is 2. The molecule has 0 unspecified atom stereocenters. The average Bonchev–Trinajstić information content (AvgIpc) is 3.21. The summed E-state index contributed by atoms with van der Waals surface area (Å²) in [5.41, 5.74) is 1.78. The summed E-state index contributed by atoms with van der Waals surface area (Å²) in [6.45, 7) is 0.102. The highest BCUT2D eigenvalue weighted by atomic mass is 35.5. The molecule has 1 N–H and O–H groups in total. The highest BCUT2D eigenvalue weighted by Gasteiger charge is 2.21. The molecule has 4 rings (SSSR count). The largest absolute Gasteiger partial charge is 0.454 e. The van der Waals surface area contributed by atoms with Crippen molar-refractivity contribution < 1.29 is 22.7 Å². The van der Waals surface area contributed by atoms with Crippen LogP contribution in [0, 0.1) is 0 Å². The first-order chi connectivity index (χ1) is 15.2. The maximum absolute atomic E-state index is 12.6. The number of amides is 1. The zero-order valence-corrected chi connectivity index (χ0v) is 19.2. The molecule has 1 amide bonds. The molecule has 0 aromatic heterocycles. The first-order valence-corrected chi connectivity index (χ1v) is 12.0. The van der Waals surface area contributed by atoms with Gasteiger partial charge in [0, 0.05) is 32.9 Å². The Labute approximate surface area is 195 Å². The van der Waals surface area contributed by atoms with Gasteiger partial charge in [0.15, 0.2) is 11.5 Å². The van der Waals surface area contributed by atoms with E-state index in [0.29, 0.717) is 44.0 Å². The standard InChI is InChI=1S/C22H18Cl2N2O5S/c1-32(28,29)26(12-17-18(23)3-2-4-19(17)24)16-8-5-14(6-9-16)22(27)25-15-7-10-20-21(11-15)31-13-30-20/h2-11H,12-13H2,1H3,(H,25,27). The Bertz CT molecular complexity index is 1260. The number of anilines is 2. The lowest BCUT2D eigenvalue weighted by Gasteiger charge is -2.23. The van der Waals surface area contributed by atoms with Crippen molar-refractivity contribution in [3.63, 3.8) is 0 Å². The molecule has 0 aliphatic carbocycles. The molecule has 0 spiro atoms. The van der Waals surface area contributed by atoms with E-state index in [4.69, 9.17) is 32.7 Å². The van der Waals surface area contributed by atoms with Crippen LogP contribution in [0.3, 0.4) is 0 Å². The number of nitrogens with zero attached hydrogens (tertiary/aromatic N) is 1. The van der Waals surface area contributed by atoms with Gasteiger partial charge in [0.2, 0.25) is 16.8 Å². The van der Waals surface area contributed by atoms with Gasteiger partial charge in [0.1, 0.15) is 0 Å². The first kappa shape index (κ1) is 22.3. The third-order valence-corrected chi connectivity index (χ3v) is 6.66. The van der Waals surface area contributed by atoms with Crippen LogP contribution in [0.25, 0.3) is 0 Å². The molecule has 3 aromatic carbocycles. The van der Waals surface area contributed by atoms with Gasteiger partial charge < -0.3 is 14.8 Å². The second-order valence-corrected chi connectivity index (χ2v) is 9.76. The van der Waals surface area contributed by atoms with Crippen LogP contribution in [-0.2, 0) is 16.6 Å². The zero-order valence-electron chi connectivity index (χ0n) is 16.8. The Morgan fingerprint density at radius 3 is 2.31 bits per heavy atom. The van der Waals surface area contributed by atoms with Crippen LogP contribution in [0.5, 0.6) is 11.5 Å². The monoisotopic (exact) mass is 492 g/mol. The SMILES string of the molecule is CS(=O)(=O)N(Cc1c(Cl)cccc1Cl)c1ccc(C(=O)Nc2ccc3c(c2)OCO3)cc1. The number of carbonyl (C=O) groups excluding carboxylic acids is 1. The third-order valence-electron chi connectivity index (χ3n) is 4.81. The van der Waals surface area contributed by atoms with Crippen LogP contribution in [0.4, 0.5) is 11.4 Å². The lowest BCUT2D eigenvalue weighted by Crippen LogP contribution is -2.29. The first-order valence-electron chi connectivity index (χ1n) is 9.44. The fraction of sp³-hybridized carbons (Fsp3) is 0.136. The van der Waals surface area contributed by atoms with Crippen molar-refractivity contribution in [1.29, 1.82) is 0 Å². The minimum Gasteiger partial charge on any atom is -0.454 e. The highest BCUT2D eigenvalue weighted by molar-refractivity contribution is 7.92. The van der Waals surface area contributed by atoms with Gasteiger partial charge in [-0.1, -0.05) is 29.3 Å². The van der Waals surface area contributed by atoms with Gasteiger partial charge in [-0.3, -0.25) is 9.10 Å². The normalized spacial score (nSPS) is 12.5. The summed E-state index contributed by atoms with van der Waals surface area (Å²) >= 11 is 12.4. The van der Waals surface area contributed by atoms with Crippen molar-refractivity contribution in [3.05, 3.63) is 81.8 Å². The number of nitrogens with one attached hydrogen (secondary N) is 1. The van der Waals surface area contributed by atoms with Gasteiger partial charge in [0.25, 0.3) is 5.91 Å². The number of rotatable bonds is 6. The molecule has 32 heavy (non-hydrogen) atoms. The summed E-state index contributed by atoms with van der Waals surface area (Å²) in [5, 5.41) is 3.51. The van der Waals surface area contributed by atoms with E-state index >= 15 is 0 Å². The Kier molecular flexibility index (Phi) is 6.19. The van der Waals surface area contributed by atoms with Crippen molar-refractivity contribution in [2.45, 2.75) is 6.54 Å². The molecule has 0 bridgehead atoms. The maximum Gasteiger partial charge on any atom is 0.255 e. The van der Waals surface area contributed by atoms with Crippen molar-refractivity contribution in [2.24, 2.45) is 0 Å². The van der Waals surface area contributed by atoms with Gasteiger partial charge in [-0.25, -0.2) is 8.42 Å². The van der Waals surface area contributed by atoms with Crippen LogP contribution in [0.1, 0.15) is 15.9 Å². The summed E-state index contributed by atoms with van der Waals surface area (Å²) in [5.74, 6) is 0.822. The molecule has 0 saturated carbocycles. The average molecular weight is 493 g/mol. The molecule has 1 heterocycles. The minimum absolute atomic E-state index is 0.0416. The van der Waals surface area contributed by atoms with E-state index in [-0.39, 0.29) is 19.2 Å². The highest BCUT2D eigenvalue weighted by Crippen LogP contribution is 2.34. The van der Waals surface area contributed by atoms with Crippen LogP contribution in [-0.4, -0.2) is 27.4 Å². The van der Waals surface area contributed by atoms with Gasteiger partial charge in [-0.05, 0) is 48.5 Å². The van der Waals surface area contributed by atoms with E-state index in [2.05, 4.69) is 5.32 Å². The quantitative estimate of drug-likeness (QED) is 0.526. The number of halogens is 2. The number of hydrogen-bond acceptors (Lipinski definition) is 5. The molecule has 0 saturated heterocycles. The smallest absolute Gasteiger partial charge is 0.255 e. The lowest BCUT2D eigenvalue weighted by molar-refractivity contribution is 0.102. The predicted molar refractivity (Wildman–Crippen MR) is 124 cm³/mol. The third kappa shape index (κ3) is 4.77. The number of sulfonamides is 1. The molecule has 7 nitrogen and oxygen atoms in total. The van der Waals surface area contributed by atoms with E-state index in [9.17, 15) is 13.2 Å². The number of carbonyl (C=O) groups is 1. The van der Waals surface area contributed by atoms with E-state index in [1.165, 1.54) is 4.31 Å². The summed E-state index contributed by atoms with van der Waals surface area (Å²) in [7, 11) is -3.65. The van der Waals surface area contributed by atoms with Crippen molar-refractivity contribution >= 4 is 50.5 Å². The van der Waals surface area contributed by atoms with E-state index in [1.807, 2.05) is 0 Å². The maximum atomic E-state index is 12.6. The lowest BCUT2D eigenvalue weighted by atomic mass is 10.1. The molecule has 0 radical (unpaired) electrons. The van der Waals surface area contributed by atoms with Gasteiger partial charge in [0.05, 0.1) is 18.5 Å². The Morgan fingerprint density at radius 2 is 1.66 bits per heavy atom. The Balaban J connectivity index is 1.54. The van der Waals surface area contributed by atoms with E-state index in [1.54, 1.807) is 60.7 Å². The molecule has 0 atom stereocenters. The number of benzene rings is 3. The molecule has 10 heteroatoms. The van der Waals surface area contributed by atoms with Gasteiger partial charge in [-0.15, -0.1) is 0 Å². The summed E-state index contributed by atoms with van der Waals surface area (Å²) < 4.78 is 36.6. The second kappa shape index (κ2) is 8.90. The molecule has 1 aliphatic heterocycles. The number of hydrogen-bond donors (Lipinski definition) is 1. The minimum atomic E-state index is -3.65. The Hall–Kier alpha value is -2.94. The van der Waals surface area contributed by atoms with Crippen molar-refractivity contribution in [3.8, 4) is 11.5 Å². The summed E-state index contributed by atoms with van der Waals surface area (Å²) in [4.78, 5) is 12.6. The van der Waals surface area contributed by atoms with Gasteiger partial charge >= 0.3 is 0 Å². The zero-order chi connectivity index (χ0) is 22.9. The molecule has 1 aliphatic rings. The fourth-order valence-corrected chi connectivity index (χ4v) is 4.57. The van der Waals surface area contributed by atoms with Crippen LogP contribution in [0.2, 0.25) is 10.0 Å². The molecular formula is C22H18Cl2N2O5S. The molecule has 3 aromatic rings. The van der Waals surface area contributed by atoms with Crippen molar-refractivity contribution in [2.75, 3.05) is 22.7 Å². The van der Waals surface area contributed by atoms with E-state index < -0.39 is 10.0 Å². The van der Waals surface area contributed by atoms with Gasteiger partial charge in [-0.2, -0.15) is 0 Å². The number of fused-ring (bicyclic) bond motifs is 1. The summed E-state index contributed by atoms with van der Waals surface area (Å²) in [6, 6.07) is 16.3. The molecule has 166 valence electrons. The molecular weight excluding hydrogens is 475 g/mol. The Morgan fingerprint density at radius 1 is 1.00 bits per heavy atom. The fourth-order valence-electron chi connectivity index (χ4n) is 3.18. The van der Waals surface area contributed by atoms with Crippen LogP contribution in [0.15, 0.2) is 60.7 Å². The predicted octanol–water partition coefficient (Wildman–Crippen LogP) is 4.94. The van der Waals surface area contributed by atoms with Crippen molar-refractivity contribution in [1.82, 2.24) is 0 Å². The van der Waals surface area contributed by atoms with Crippen LogP contribution >= 0.6 is 23.2 Å². The molecule has 0 fully saturated rings. The van der Waals surface area contributed by atoms with E-state index in [0.717, 1.165) is 6.26 Å². The summed E-state index contributed by atoms with van der Waals surface area (Å²) in [6.07, 6.45) is 1.10. The topological polar surface area (TPSA) is 84.9 Å².